The SMILES string of the molecule is Cc1cc(N2CCN(CCO)CC2)cc(COc2ccc3c(c2)OC=CC3c2ccccc2)n1. The molecule has 0 radical (unpaired) electrons. The number of hydrogen-bond donors (Lipinski definition) is 1. The lowest BCUT2D eigenvalue weighted by atomic mass is 9.89. The molecule has 1 N–H and O–H groups in total. The minimum absolute atomic E-state index is 0.179. The highest BCUT2D eigenvalue weighted by atomic mass is 16.5. The number of hydrogen-bond acceptors (Lipinski definition) is 6. The average molecular weight is 458 g/mol. The number of β-amino-alcohol motifs (C(OH)–C–C–N with tert-alkyl or cyclic N) is 1. The molecule has 2 aliphatic heterocycles. The maximum absolute atomic E-state index is 9.17. The Balaban J connectivity index is 1.26. The van der Waals surface area contributed by atoms with E-state index in [2.05, 4.69) is 63.3 Å². The minimum Gasteiger partial charge on any atom is -0.487 e. The molecule has 0 bridgehead atoms. The largest absolute Gasteiger partial charge is 0.487 e. The van der Waals surface area contributed by atoms with Gasteiger partial charge in [-0.05, 0) is 36.8 Å². The number of allylic oxidation sites excluding steroid dienone is 1. The van der Waals surface area contributed by atoms with Gasteiger partial charge in [0.05, 0.1) is 18.6 Å². The van der Waals surface area contributed by atoms with Crippen LogP contribution in [0.5, 0.6) is 11.5 Å². The summed E-state index contributed by atoms with van der Waals surface area (Å²) in [7, 11) is 0. The normalized spacial score (nSPS) is 17.8. The van der Waals surface area contributed by atoms with Crippen molar-refractivity contribution in [3.05, 3.63) is 95.5 Å². The quantitative estimate of drug-likeness (QED) is 0.576. The lowest BCUT2D eigenvalue weighted by Gasteiger charge is -2.36. The van der Waals surface area contributed by atoms with Crippen molar-refractivity contribution in [2.45, 2.75) is 19.4 Å². The number of nitrogens with zero attached hydrogens (tertiary/aromatic N) is 3. The maximum atomic E-state index is 9.17. The molecule has 3 heterocycles. The van der Waals surface area contributed by atoms with Crippen molar-refractivity contribution in [1.82, 2.24) is 9.88 Å². The first-order valence-corrected chi connectivity index (χ1v) is 11.9. The summed E-state index contributed by atoms with van der Waals surface area (Å²) in [4.78, 5) is 9.37. The first kappa shape index (κ1) is 22.4. The predicted octanol–water partition coefficient (Wildman–Crippen LogP) is 4.12. The van der Waals surface area contributed by atoms with E-state index in [-0.39, 0.29) is 12.5 Å². The van der Waals surface area contributed by atoms with E-state index in [0.717, 1.165) is 61.2 Å². The highest BCUT2D eigenvalue weighted by Gasteiger charge is 2.20. The van der Waals surface area contributed by atoms with E-state index < -0.39 is 0 Å². The number of benzene rings is 2. The zero-order valence-corrected chi connectivity index (χ0v) is 19.6. The molecule has 2 aromatic carbocycles. The van der Waals surface area contributed by atoms with Crippen LogP contribution in [0.1, 0.15) is 28.4 Å². The van der Waals surface area contributed by atoms with Gasteiger partial charge in [0.2, 0.25) is 0 Å². The summed E-state index contributed by atoms with van der Waals surface area (Å²) in [5.41, 5.74) is 5.45. The van der Waals surface area contributed by atoms with Crippen molar-refractivity contribution in [3.63, 3.8) is 0 Å². The van der Waals surface area contributed by atoms with Crippen molar-refractivity contribution in [1.29, 1.82) is 0 Å². The Morgan fingerprint density at radius 3 is 2.65 bits per heavy atom. The fourth-order valence-corrected chi connectivity index (χ4v) is 4.71. The fraction of sp³-hybridized carbons (Fsp3) is 0.321. The third-order valence-corrected chi connectivity index (χ3v) is 6.48. The van der Waals surface area contributed by atoms with Crippen LogP contribution in [0.25, 0.3) is 0 Å². The second kappa shape index (κ2) is 10.3. The van der Waals surface area contributed by atoms with Gasteiger partial charge in [0.25, 0.3) is 0 Å². The van der Waals surface area contributed by atoms with Crippen molar-refractivity contribution in [3.8, 4) is 11.5 Å². The zero-order valence-electron chi connectivity index (χ0n) is 19.6. The number of anilines is 1. The summed E-state index contributed by atoms with van der Waals surface area (Å²) < 4.78 is 11.9. The van der Waals surface area contributed by atoms with Gasteiger partial charge in [0.1, 0.15) is 18.1 Å². The smallest absolute Gasteiger partial charge is 0.134 e. The van der Waals surface area contributed by atoms with Crippen LogP contribution in [0.3, 0.4) is 0 Å². The lowest BCUT2D eigenvalue weighted by Crippen LogP contribution is -2.47. The lowest BCUT2D eigenvalue weighted by molar-refractivity contribution is 0.189. The van der Waals surface area contributed by atoms with Crippen molar-refractivity contribution < 1.29 is 14.6 Å². The molecule has 3 aromatic rings. The average Bonchev–Trinajstić information content (AvgIpc) is 2.88. The van der Waals surface area contributed by atoms with E-state index in [1.807, 2.05) is 25.1 Å². The van der Waals surface area contributed by atoms with Crippen LogP contribution in [-0.4, -0.2) is 54.3 Å². The molecule has 0 spiro atoms. The Morgan fingerprint density at radius 2 is 1.85 bits per heavy atom. The number of aromatic nitrogens is 1. The van der Waals surface area contributed by atoms with E-state index >= 15 is 0 Å². The van der Waals surface area contributed by atoms with E-state index in [0.29, 0.717) is 6.61 Å². The molecule has 0 aliphatic carbocycles. The Hall–Kier alpha value is -3.35. The van der Waals surface area contributed by atoms with Crippen LogP contribution in [0, 0.1) is 6.92 Å². The number of fused-ring (bicyclic) bond motifs is 1. The fourth-order valence-electron chi connectivity index (χ4n) is 4.71. The molecule has 34 heavy (non-hydrogen) atoms. The standard InChI is InChI=1S/C28H31N3O3/c1-21-17-24(31-12-10-30(11-13-31)14-15-32)18-23(29-21)20-34-25-7-8-27-26(9-16-33-28(27)19-25)22-5-3-2-4-6-22/h2-9,16-19,26,32H,10-15,20H2,1H3. The molecule has 0 amide bonds. The maximum Gasteiger partial charge on any atom is 0.134 e. The number of pyridine rings is 1. The highest BCUT2D eigenvalue weighted by molar-refractivity contribution is 5.51. The topological polar surface area (TPSA) is 58.1 Å². The summed E-state index contributed by atoms with van der Waals surface area (Å²) >= 11 is 0. The third-order valence-electron chi connectivity index (χ3n) is 6.48. The van der Waals surface area contributed by atoms with Gasteiger partial charge < -0.3 is 19.5 Å². The molecule has 1 fully saturated rings. The number of rotatable bonds is 7. The number of piperazine rings is 1. The van der Waals surface area contributed by atoms with E-state index in [4.69, 9.17) is 14.6 Å². The summed E-state index contributed by atoms with van der Waals surface area (Å²) in [6.07, 6.45) is 3.85. The van der Waals surface area contributed by atoms with Gasteiger partial charge in [-0.25, -0.2) is 0 Å². The Morgan fingerprint density at radius 1 is 1.03 bits per heavy atom. The summed E-state index contributed by atoms with van der Waals surface area (Å²) in [6, 6.07) is 20.8. The molecule has 1 saturated heterocycles. The van der Waals surface area contributed by atoms with Crippen molar-refractivity contribution in [2.75, 3.05) is 44.2 Å². The van der Waals surface area contributed by atoms with Crippen LogP contribution in [0.15, 0.2) is 73.0 Å². The van der Waals surface area contributed by atoms with E-state index in [1.54, 1.807) is 6.26 Å². The number of aliphatic hydroxyl groups excluding tert-OH is 1. The molecule has 6 heteroatoms. The number of aryl methyl sites for hydroxylation is 1. The predicted molar refractivity (Wildman–Crippen MR) is 134 cm³/mol. The third kappa shape index (κ3) is 5.08. The zero-order chi connectivity index (χ0) is 23.3. The first-order chi connectivity index (χ1) is 16.7. The monoisotopic (exact) mass is 457 g/mol. The molecule has 2 aliphatic rings. The van der Waals surface area contributed by atoms with E-state index in [9.17, 15) is 0 Å². The van der Waals surface area contributed by atoms with Crippen LogP contribution in [0.4, 0.5) is 5.69 Å². The minimum atomic E-state index is 0.179. The molecular formula is C28H31N3O3. The summed E-state index contributed by atoms with van der Waals surface area (Å²) in [5, 5.41) is 9.17. The van der Waals surface area contributed by atoms with Crippen molar-refractivity contribution in [2.24, 2.45) is 0 Å². The Bertz CT molecular complexity index is 1140. The molecular weight excluding hydrogens is 426 g/mol. The van der Waals surface area contributed by atoms with Gasteiger partial charge >= 0.3 is 0 Å². The van der Waals surface area contributed by atoms with Crippen LogP contribution in [0.2, 0.25) is 0 Å². The number of ether oxygens (including phenoxy) is 2. The van der Waals surface area contributed by atoms with Gasteiger partial charge in [-0.2, -0.15) is 0 Å². The Kier molecular flexibility index (Phi) is 6.79. The molecule has 1 atom stereocenters. The van der Waals surface area contributed by atoms with Crippen molar-refractivity contribution >= 4 is 5.69 Å². The molecule has 1 aromatic heterocycles. The van der Waals surface area contributed by atoms with Crippen LogP contribution < -0.4 is 14.4 Å². The van der Waals surface area contributed by atoms with Crippen LogP contribution >= 0.6 is 0 Å². The van der Waals surface area contributed by atoms with E-state index in [1.165, 1.54) is 11.3 Å². The molecule has 0 saturated carbocycles. The molecule has 1 unspecified atom stereocenters. The first-order valence-electron chi connectivity index (χ1n) is 11.9. The second-order valence-corrected chi connectivity index (χ2v) is 8.83. The van der Waals surface area contributed by atoms with Gasteiger partial charge in [-0.15, -0.1) is 0 Å². The number of aliphatic hydroxyl groups is 1. The van der Waals surface area contributed by atoms with Gasteiger partial charge in [0, 0.05) is 61.7 Å². The van der Waals surface area contributed by atoms with Gasteiger partial charge in [0.15, 0.2) is 0 Å². The molecule has 5 rings (SSSR count). The van der Waals surface area contributed by atoms with Gasteiger partial charge in [-0.1, -0.05) is 36.4 Å². The second-order valence-electron chi connectivity index (χ2n) is 8.83. The molecule has 176 valence electrons. The summed E-state index contributed by atoms with van der Waals surface area (Å²) in [6.45, 7) is 7.20. The van der Waals surface area contributed by atoms with Crippen LogP contribution in [-0.2, 0) is 6.61 Å². The van der Waals surface area contributed by atoms with Gasteiger partial charge in [-0.3, -0.25) is 9.88 Å². The molecule has 6 nitrogen and oxygen atoms in total. The Labute approximate surface area is 201 Å². The highest BCUT2D eigenvalue weighted by Crippen LogP contribution is 2.38. The summed E-state index contributed by atoms with van der Waals surface area (Å²) in [5.74, 6) is 1.77.